The standard InChI is InChI=1S/C28H30N2O3/c1-29-27(32)28(19-22-7-6-10-24(17-22)23-8-4-3-5-9-23)15-16-30(20-28)26(31)18-21-11-13-25(33-2)14-12-21/h3-14,17H,15-16,18-20H2,1-2H3,(H,29,32). The first-order valence-electron chi connectivity index (χ1n) is 11.3. The Morgan fingerprint density at radius 2 is 1.67 bits per heavy atom. The van der Waals surface area contributed by atoms with Crippen LogP contribution >= 0.6 is 0 Å². The van der Waals surface area contributed by atoms with E-state index in [9.17, 15) is 9.59 Å². The first-order chi connectivity index (χ1) is 16.0. The summed E-state index contributed by atoms with van der Waals surface area (Å²) >= 11 is 0. The molecule has 1 saturated heterocycles. The van der Waals surface area contributed by atoms with E-state index >= 15 is 0 Å². The summed E-state index contributed by atoms with van der Waals surface area (Å²) in [6.07, 6.45) is 1.56. The maximum Gasteiger partial charge on any atom is 0.228 e. The molecule has 1 atom stereocenters. The van der Waals surface area contributed by atoms with Gasteiger partial charge in [-0.05, 0) is 47.2 Å². The van der Waals surface area contributed by atoms with E-state index in [1.54, 1.807) is 14.2 Å². The Hall–Kier alpha value is -3.60. The minimum atomic E-state index is -0.625. The minimum Gasteiger partial charge on any atom is -0.497 e. The molecule has 0 radical (unpaired) electrons. The summed E-state index contributed by atoms with van der Waals surface area (Å²) in [6, 6.07) is 26.1. The molecule has 1 aliphatic rings. The van der Waals surface area contributed by atoms with Gasteiger partial charge in [-0.2, -0.15) is 0 Å². The van der Waals surface area contributed by atoms with Crippen LogP contribution in [0.2, 0.25) is 0 Å². The van der Waals surface area contributed by atoms with E-state index in [0.717, 1.165) is 28.0 Å². The largest absolute Gasteiger partial charge is 0.497 e. The Labute approximate surface area is 195 Å². The van der Waals surface area contributed by atoms with Gasteiger partial charge in [0, 0.05) is 20.1 Å². The molecule has 1 fully saturated rings. The Balaban J connectivity index is 1.50. The van der Waals surface area contributed by atoms with Crippen LogP contribution in [-0.4, -0.2) is 44.0 Å². The first kappa shape index (κ1) is 22.6. The summed E-state index contributed by atoms with van der Waals surface area (Å²) in [5, 5.41) is 2.85. The zero-order valence-corrected chi connectivity index (χ0v) is 19.2. The third kappa shape index (κ3) is 5.08. The fraction of sp³-hybridized carbons (Fsp3) is 0.286. The number of hydrogen-bond donors (Lipinski definition) is 1. The van der Waals surface area contributed by atoms with Crippen molar-refractivity contribution in [1.82, 2.24) is 10.2 Å². The number of carbonyl (C=O) groups excluding carboxylic acids is 2. The highest BCUT2D eigenvalue weighted by atomic mass is 16.5. The van der Waals surface area contributed by atoms with E-state index in [2.05, 4.69) is 35.6 Å². The molecular weight excluding hydrogens is 412 g/mol. The molecule has 2 amide bonds. The number of ether oxygens (including phenoxy) is 1. The van der Waals surface area contributed by atoms with E-state index in [4.69, 9.17) is 4.74 Å². The van der Waals surface area contributed by atoms with Crippen molar-refractivity contribution in [1.29, 1.82) is 0 Å². The van der Waals surface area contributed by atoms with Gasteiger partial charge < -0.3 is 15.0 Å². The molecule has 4 rings (SSSR count). The van der Waals surface area contributed by atoms with Crippen LogP contribution in [0.25, 0.3) is 11.1 Å². The molecular formula is C28H30N2O3. The third-order valence-electron chi connectivity index (χ3n) is 6.51. The van der Waals surface area contributed by atoms with Gasteiger partial charge in [-0.25, -0.2) is 0 Å². The maximum absolute atomic E-state index is 13.0. The Kier molecular flexibility index (Phi) is 6.78. The van der Waals surface area contributed by atoms with Crippen molar-refractivity contribution in [3.05, 3.63) is 90.0 Å². The van der Waals surface area contributed by atoms with Crippen molar-refractivity contribution in [3.8, 4) is 16.9 Å². The molecule has 5 nitrogen and oxygen atoms in total. The fourth-order valence-electron chi connectivity index (χ4n) is 4.67. The van der Waals surface area contributed by atoms with Crippen molar-refractivity contribution in [2.75, 3.05) is 27.2 Å². The average Bonchev–Trinajstić information content (AvgIpc) is 3.30. The van der Waals surface area contributed by atoms with Crippen LogP contribution < -0.4 is 10.1 Å². The predicted molar refractivity (Wildman–Crippen MR) is 130 cm³/mol. The number of likely N-dealkylation sites (tertiary alicyclic amines) is 1. The van der Waals surface area contributed by atoms with Gasteiger partial charge in [0.05, 0.1) is 18.9 Å². The second-order valence-electron chi connectivity index (χ2n) is 8.69. The predicted octanol–water partition coefficient (Wildman–Crippen LogP) is 4.11. The summed E-state index contributed by atoms with van der Waals surface area (Å²) in [5.41, 5.74) is 3.69. The molecule has 1 unspecified atom stereocenters. The van der Waals surface area contributed by atoms with Crippen molar-refractivity contribution in [3.63, 3.8) is 0 Å². The van der Waals surface area contributed by atoms with Crippen LogP contribution in [0.1, 0.15) is 17.5 Å². The first-order valence-corrected chi connectivity index (χ1v) is 11.3. The maximum atomic E-state index is 13.0. The van der Waals surface area contributed by atoms with E-state index < -0.39 is 5.41 Å². The van der Waals surface area contributed by atoms with Crippen LogP contribution in [0, 0.1) is 5.41 Å². The number of nitrogens with zero attached hydrogens (tertiary/aromatic N) is 1. The van der Waals surface area contributed by atoms with Crippen molar-refractivity contribution < 1.29 is 14.3 Å². The lowest BCUT2D eigenvalue weighted by atomic mass is 9.79. The minimum absolute atomic E-state index is 0.00707. The Bertz CT molecular complexity index is 1110. The molecule has 1 heterocycles. The number of nitrogens with one attached hydrogen (secondary N) is 1. The summed E-state index contributed by atoms with van der Waals surface area (Å²) in [5.74, 6) is 0.806. The molecule has 33 heavy (non-hydrogen) atoms. The summed E-state index contributed by atoms with van der Waals surface area (Å²) < 4.78 is 5.19. The Morgan fingerprint density at radius 1 is 0.939 bits per heavy atom. The topological polar surface area (TPSA) is 58.6 Å². The molecule has 170 valence electrons. The molecule has 5 heteroatoms. The smallest absolute Gasteiger partial charge is 0.228 e. The molecule has 0 spiro atoms. The van der Waals surface area contributed by atoms with Gasteiger partial charge in [-0.3, -0.25) is 9.59 Å². The number of carbonyl (C=O) groups is 2. The lowest BCUT2D eigenvalue weighted by Crippen LogP contribution is -2.44. The van der Waals surface area contributed by atoms with Crippen molar-refractivity contribution >= 4 is 11.8 Å². The lowest BCUT2D eigenvalue weighted by molar-refractivity contribution is -0.132. The molecule has 1 N–H and O–H groups in total. The monoisotopic (exact) mass is 442 g/mol. The zero-order chi connectivity index (χ0) is 23.3. The van der Waals surface area contributed by atoms with Crippen LogP contribution in [-0.2, 0) is 22.4 Å². The lowest BCUT2D eigenvalue weighted by Gasteiger charge is -2.28. The van der Waals surface area contributed by atoms with Gasteiger partial charge in [0.25, 0.3) is 0 Å². The molecule has 0 aromatic heterocycles. The highest BCUT2D eigenvalue weighted by Crippen LogP contribution is 2.36. The zero-order valence-electron chi connectivity index (χ0n) is 19.2. The number of hydrogen-bond acceptors (Lipinski definition) is 3. The number of rotatable bonds is 7. The Morgan fingerprint density at radius 3 is 2.36 bits per heavy atom. The van der Waals surface area contributed by atoms with E-state index in [-0.39, 0.29) is 11.8 Å². The van der Waals surface area contributed by atoms with Gasteiger partial charge in [0.1, 0.15) is 5.75 Å². The molecule has 0 saturated carbocycles. The third-order valence-corrected chi connectivity index (χ3v) is 6.51. The molecule has 1 aliphatic heterocycles. The van der Waals surface area contributed by atoms with Gasteiger partial charge in [-0.1, -0.05) is 66.7 Å². The van der Waals surface area contributed by atoms with Crippen LogP contribution in [0.15, 0.2) is 78.9 Å². The highest BCUT2D eigenvalue weighted by Gasteiger charge is 2.45. The molecule has 3 aromatic rings. The molecule has 0 aliphatic carbocycles. The van der Waals surface area contributed by atoms with Crippen molar-refractivity contribution in [2.45, 2.75) is 19.3 Å². The summed E-state index contributed by atoms with van der Waals surface area (Å²) in [6.45, 7) is 1.01. The molecule has 0 bridgehead atoms. The molecule has 3 aromatic carbocycles. The van der Waals surface area contributed by atoms with Crippen LogP contribution in [0.3, 0.4) is 0 Å². The van der Waals surface area contributed by atoms with E-state index in [1.807, 2.05) is 53.4 Å². The van der Waals surface area contributed by atoms with E-state index in [0.29, 0.717) is 32.4 Å². The van der Waals surface area contributed by atoms with Crippen molar-refractivity contribution in [2.24, 2.45) is 5.41 Å². The summed E-state index contributed by atoms with van der Waals surface area (Å²) in [4.78, 5) is 27.9. The average molecular weight is 443 g/mol. The quantitative estimate of drug-likeness (QED) is 0.599. The van der Waals surface area contributed by atoms with Gasteiger partial charge in [0.15, 0.2) is 0 Å². The van der Waals surface area contributed by atoms with Crippen LogP contribution in [0.5, 0.6) is 5.75 Å². The SMILES string of the molecule is CNC(=O)C1(Cc2cccc(-c3ccccc3)c2)CCN(C(=O)Cc2ccc(OC)cc2)C1. The normalized spacial score (nSPS) is 17.6. The summed E-state index contributed by atoms with van der Waals surface area (Å²) in [7, 11) is 3.30. The number of benzene rings is 3. The second-order valence-corrected chi connectivity index (χ2v) is 8.69. The number of methoxy groups -OCH3 is 1. The number of amides is 2. The highest BCUT2D eigenvalue weighted by molar-refractivity contribution is 5.86. The van der Waals surface area contributed by atoms with Gasteiger partial charge in [0.2, 0.25) is 11.8 Å². The van der Waals surface area contributed by atoms with E-state index in [1.165, 1.54) is 0 Å². The van der Waals surface area contributed by atoms with Crippen LogP contribution in [0.4, 0.5) is 0 Å². The van der Waals surface area contributed by atoms with Gasteiger partial charge in [-0.15, -0.1) is 0 Å². The fourth-order valence-corrected chi connectivity index (χ4v) is 4.67. The van der Waals surface area contributed by atoms with Gasteiger partial charge >= 0.3 is 0 Å². The second kappa shape index (κ2) is 9.90.